The van der Waals surface area contributed by atoms with Gasteiger partial charge in [-0.1, -0.05) is 6.07 Å². The minimum atomic E-state index is -0.486. The third-order valence-corrected chi connectivity index (χ3v) is 2.41. The molecule has 1 aromatic rings. The van der Waals surface area contributed by atoms with Crippen LogP contribution in [0.1, 0.15) is 15.9 Å². The molecule has 0 saturated heterocycles. The van der Waals surface area contributed by atoms with E-state index >= 15 is 0 Å². The van der Waals surface area contributed by atoms with Crippen molar-refractivity contribution in [2.24, 2.45) is 0 Å². The first kappa shape index (κ1) is 8.40. The Morgan fingerprint density at radius 2 is 2.18 bits per heavy atom. The van der Waals surface area contributed by atoms with Crippen molar-refractivity contribution in [3.8, 4) is 0 Å². The van der Waals surface area contributed by atoms with Gasteiger partial charge in [-0.2, -0.15) is 0 Å². The van der Waals surface area contributed by atoms with Crippen molar-refractivity contribution < 1.29 is 9.18 Å². The molecule has 0 N–H and O–H groups in total. The normalized spacial score (nSPS) is 9.73. The van der Waals surface area contributed by atoms with Crippen LogP contribution in [0.5, 0.6) is 0 Å². The summed E-state index contributed by atoms with van der Waals surface area (Å²) >= 11 is 3.04. The lowest BCUT2D eigenvalue weighted by atomic mass is 10.1. The summed E-state index contributed by atoms with van der Waals surface area (Å²) in [5.74, 6) is -0.486. The molecule has 0 aliphatic rings. The van der Waals surface area contributed by atoms with Crippen LogP contribution in [0.4, 0.5) is 4.39 Å². The second kappa shape index (κ2) is 3.13. The Bertz CT molecular complexity index is 296. The molecule has 0 amide bonds. The lowest BCUT2D eigenvalue weighted by Gasteiger charge is -2.00. The molecule has 0 atom stereocenters. The first-order valence-corrected chi connectivity index (χ1v) is 3.86. The molecule has 11 heavy (non-hydrogen) atoms. The van der Waals surface area contributed by atoms with Gasteiger partial charge in [-0.25, -0.2) is 4.39 Å². The summed E-state index contributed by atoms with van der Waals surface area (Å²) in [6, 6.07) is 3.15. The van der Waals surface area contributed by atoms with E-state index in [1.807, 2.05) is 0 Å². The predicted octanol–water partition coefficient (Wildman–Crippen LogP) is 2.71. The Morgan fingerprint density at radius 1 is 1.55 bits per heavy atom. The van der Waals surface area contributed by atoms with Gasteiger partial charge in [0.2, 0.25) is 0 Å². The number of hydrogen-bond donors (Lipinski definition) is 0. The first-order valence-electron chi connectivity index (χ1n) is 3.06. The van der Waals surface area contributed by atoms with E-state index in [0.717, 1.165) is 5.56 Å². The first-order chi connectivity index (χ1) is 5.16. The Morgan fingerprint density at radius 3 is 2.73 bits per heavy atom. The van der Waals surface area contributed by atoms with Crippen LogP contribution in [0.3, 0.4) is 0 Å². The number of aryl methyl sites for hydroxylation is 1. The molecule has 0 fully saturated rings. The van der Waals surface area contributed by atoms with Gasteiger partial charge in [-0.3, -0.25) is 4.79 Å². The molecule has 0 heterocycles. The van der Waals surface area contributed by atoms with E-state index in [1.54, 1.807) is 13.0 Å². The summed E-state index contributed by atoms with van der Waals surface area (Å²) < 4.78 is 13.3. The molecule has 3 heteroatoms. The van der Waals surface area contributed by atoms with Crippen LogP contribution < -0.4 is 0 Å². The maximum absolute atomic E-state index is 13.0. The Kier molecular flexibility index (Phi) is 2.39. The van der Waals surface area contributed by atoms with Gasteiger partial charge >= 0.3 is 0 Å². The van der Waals surface area contributed by atoms with Crippen molar-refractivity contribution in [3.05, 3.63) is 33.5 Å². The van der Waals surface area contributed by atoms with Gasteiger partial charge in [0.05, 0.1) is 10.0 Å². The van der Waals surface area contributed by atoms with Crippen LogP contribution in [0, 0.1) is 12.7 Å². The van der Waals surface area contributed by atoms with Crippen LogP contribution in [-0.4, -0.2) is 6.29 Å². The van der Waals surface area contributed by atoms with Gasteiger partial charge in [-0.15, -0.1) is 0 Å². The number of carbonyl (C=O) groups is 1. The summed E-state index contributed by atoms with van der Waals surface area (Å²) in [7, 11) is 0. The fourth-order valence-electron chi connectivity index (χ4n) is 0.752. The molecular weight excluding hydrogens is 211 g/mol. The molecule has 0 aliphatic carbocycles. The fraction of sp³-hybridized carbons (Fsp3) is 0.125. The van der Waals surface area contributed by atoms with E-state index in [9.17, 15) is 9.18 Å². The van der Waals surface area contributed by atoms with Crippen molar-refractivity contribution in [2.75, 3.05) is 0 Å². The predicted molar refractivity (Wildman–Crippen MR) is 44.2 cm³/mol. The topological polar surface area (TPSA) is 17.1 Å². The third-order valence-electron chi connectivity index (χ3n) is 1.43. The highest BCUT2D eigenvalue weighted by Crippen LogP contribution is 2.21. The van der Waals surface area contributed by atoms with Crippen LogP contribution in [0.25, 0.3) is 0 Å². The summed E-state index contributed by atoms with van der Waals surface area (Å²) in [4.78, 5) is 10.2. The molecular formula is C8H6BrFO. The van der Waals surface area contributed by atoms with Gasteiger partial charge in [-0.05, 0) is 34.5 Å². The Balaban J connectivity index is 3.36. The molecule has 0 radical (unpaired) electrons. The number of benzene rings is 1. The summed E-state index contributed by atoms with van der Waals surface area (Å²) in [6.45, 7) is 1.77. The van der Waals surface area contributed by atoms with Gasteiger partial charge in [0.15, 0.2) is 6.29 Å². The summed E-state index contributed by atoms with van der Waals surface area (Å²) in [5.41, 5.74) is 0.871. The molecule has 0 bridgehead atoms. The van der Waals surface area contributed by atoms with Crippen LogP contribution in [-0.2, 0) is 0 Å². The smallest absolute Gasteiger partial charge is 0.153 e. The van der Waals surface area contributed by atoms with E-state index in [0.29, 0.717) is 10.8 Å². The maximum atomic E-state index is 13.0. The van der Waals surface area contributed by atoms with Gasteiger partial charge in [0.25, 0.3) is 0 Å². The van der Waals surface area contributed by atoms with Crippen molar-refractivity contribution in [2.45, 2.75) is 6.92 Å². The zero-order valence-electron chi connectivity index (χ0n) is 5.90. The number of rotatable bonds is 1. The molecule has 0 aliphatic heterocycles. The summed E-state index contributed by atoms with van der Waals surface area (Å²) in [6.07, 6.45) is 0.500. The minimum absolute atomic E-state index is 0.0856. The molecule has 1 aromatic carbocycles. The molecule has 1 rings (SSSR count). The van der Waals surface area contributed by atoms with E-state index in [4.69, 9.17) is 0 Å². The second-order valence-corrected chi connectivity index (χ2v) is 3.01. The largest absolute Gasteiger partial charge is 0.298 e. The zero-order valence-corrected chi connectivity index (χ0v) is 7.48. The quantitative estimate of drug-likeness (QED) is 0.661. The molecule has 0 spiro atoms. The van der Waals surface area contributed by atoms with Crippen molar-refractivity contribution >= 4 is 22.2 Å². The van der Waals surface area contributed by atoms with E-state index in [2.05, 4.69) is 15.9 Å². The monoisotopic (exact) mass is 216 g/mol. The third kappa shape index (κ3) is 1.48. The van der Waals surface area contributed by atoms with E-state index in [1.165, 1.54) is 6.07 Å². The zero-order chi connectivity index (χ0) is 8.43. The lowest BCUT2D eigenvalue weighted by Crippen LogP contribution is -1.90. The minimum Gasteiger partial charge on any atom is -0.298 e. The Labute approximate surface area is 72.4 Å². The molecule has 58 valence electrons. The van der Waals surface area contributed by atoms with Crippen molar-refractivity contribution in [1.82, 2.24) is 0 Å². The highest BCUT2D eigenvalue weighted by Gasteiger charge is 2.06. The lowest BCUT2D eigenvalue weighted by molar-refractivity contribution is 0.111. The number of hydrogen-bond acceptors (Lipinski definition) is 1. The molecule has 0 unspecified atom stereocenters. The fourth-order valence-corrected chi connectivity index (χ4v) is 1.11. The number of carbonyl (C=O) groups excluding carboxylic acids is 1. The highest BCUT2D eigenvalue weighted by molar-refractivity contribution is 9.10. The average Bonchev–Trinajstić information content (AvgIpc) is 2.01. The number of halogens is 2. The second-order valence-electron chi connectivity index (χ2n) is 2.22. The Hall–Kier alpha value is -0.700. The molecule has 0 aromatic heterocycles. The van der Waals surface area contributed by atoms with Gasteiger partial charge < -0.3 is 0 Å². The standard InChI is InChI=1S/C8H6BrFO/c1-5-2-3-6(4-11)8(10)7(5)9/h2-4H,1H3. The van der Waals surface area contributed by atoms with Gasteiger partial charge in [0, 0.05) is 0 Å². The van der Waals surface area contributed by atoms with Crippen LogP contribution >= 0.6 is 15.9 Å². The molecule has 1 nitrogen and oxygen atoms in total. The molecule has 0 saturated carbocycles. The van der Waals surface area contributed by atoms with Crippen LogP contribution in [0.15, 0.2) is 16.6 Å². The average molecular weight is 217 g/mol. The van der Waals surface area contributed by atoms with E-state index in [-0.39, 0.29) is 5.56 Å². The number of aldehydes is 1. The van der Waals surface area contributed by atoms with Gasteiger partial charge in [0.1, 0.15) is 5.82 Å². The summed E-state index contributed by atoms with van der Waals surface area (Å²) in [5, 5.41) is 0. The van der Waals surface area contributed by atoms with Crippen molar-refractivity contribution in [1.29, 1.82) is 0 Å². The SMILES string of the molecule is Cc1ccc(C=O)c(F)c1Br. The van der Waals surface area contributed by atoms with Crippen LogP contribution in [0.2, 0.25) is 0 Å². The van der Waals surface area contributed by atoms with Crippen molar-refractivity contribution in [3.63, 3.8) is 0 Å². The highest BCUT2D eigenvalue weighted by atomic mass is 79.9. The maximum Gasteiger partial charge on any atom is 0.153 e. The van der Waals surface area contributed by atoms with E-state index < -0.39 is 5.82 Å².